The minimum absolute atomic E-state index is 0.0270. The van der Waals surface area contributed by atoms with Crippen LogP contribution in [0.4, 0.5) is 14.9 Å². The van der Waals surface area contributed by atoms with E-state index in [4.69, 9.17) is 9.47 Å². The highest BCUT2D eigenvalue weighted by Crippen LogP contribution is 2.50. The summed E-state index contributed by atoms with van der Waals surface area (Å²) in [5, 5.41) is 5.84. The van der Waals surface area contributed by atoms with Crippen LogP contribution in [0.5, 0.6) is 0 Å². The molecular formula is C39H50FN5O8S. The van der Waals surface area contributed by atoms with Crippen molar-refractivity contribution < 1.29 is 41.5 Å². The predicted octanol–water partition coefficient (Wildman–Crippen LogP) is 4.83. The second kappa shape index (κ2) is 14.9. The van der Waals surface area contributed by atoms with Crippen molar-refractivity contribution in [2.24, 2.45) is 11.3 Å². The fraction of sp³-hybridized carbons (Fsp3) is 0.538. The van der Waals surface area contributed by atoms with Crippen LogP contribution in [0.2, 0.25) is 0 Å². The van der Waals surface area contributed by atoms with E-state index in [0.29, 0.717) is 48.1 Å². The molecule has 0 bridgehead atoms. The molecule has 2 aromatic carbocycles. The molecule has 292 valence electrons. The third-order valence-corrected chi connectivity index (χ3v) is 12.7. The molecule has 0 unspecified atom stereocenters. The van der Waals surface area contributed by atoms with Gasteiger partial charge in [0.1, 0.15) is 24.0 Å². The van der Waals surface area contributed by atoms with Crippen LogP contribution >= 0.6 is 0 Å². The molecule has 3 N–H and O–H groups in total. The number of likely N-dealkylation sites (tertiary alicyclic amines) is 1. The number of sulfonamides is 1. The van der Waals surface area contributed by atoms with Crippen molar-refractivity contribution in [1.29, 1.82) is 0 Å². The topological polar surface area (TPSA) is 163 Å². The van der Waals surface area contributed by atoms with Crippen molar-refractivity contribution in [1.82, 2.24) is 19.8 Å². The molecule has 54 heavy (non-hydrogen) atoms. The van der Waals surface area contributed by atoms with Crippen molar-refractivity contribution in [3.8, 4) is 0 Å². The number of carbonyl (C=O) groups is 4. The van der Waals surface area contributed by atoms with Crippen LogP contribution in [0.3, 0.4) is 0 Å². The Bertz CT molecular complexity index is 1950. The van der Waals surface area contributed by atoms with Crippen LogP contribution in [0, 0.1) is 17.2 Å². The number of esters is 1. The normalized spacial score (nSPS) is 23.9. The van der Waals surface area contributed by atoms with Gasteiger partial charge in [0.2, 0.25) is 21.8 Å². The van der Waals surface area contributed by atoms with Crippen molar-refractivity contribution in [2.75, 3.05) is 18.5 Å². The molecule has 4 aliphatic rings. The molecule has 0 aromatic heterocycles. The highest BCUT2D eigenvalue weighted by molar-refractivity contribution is 7.90. The number of nitrogens with zero attached hydrogens (tertiary/aromatic N) is 2. The minimum Gasteiger partial charge on any atom is -0.462 e. The summed E-state index contributed by atoms with van der Waals surface area (Å²) in [5.41, 5.74) is 0.310. The molecule has 1 saturated heterocycles. The van der Waals surface area contributed by atoms with Crippen LogP contribution in [0.25, 0.3) is 0 Å². The molecule has 5 atom stereocenters. The SMILES string of the molecule is C=C(NS(=O)(=O)C1CC1)[C@@]1(NC(=O)[C@@H]2C[C@@H](OC(=O)N3Cc4cccc(F)c4C3)CN2C(=O)[C@@H](Nc2cccc(C(=O)OCC)c2)C(C)(C)C)C[C@H]1CC. The Balaban J connectivity index is 1.25. The number of hydrogen-bond donors (Lipinski definition) is 3. The molecule has 2 aliphatic carbocycles. The van der Waals surface area contributed by atoms with Crippen LogP contribution in [0.1, 0.15) is 88.2 Å². The Morgan fingerprint density at radius 2 is 1.80 bits per heavy atom. The van der Waals surface area contributed by atoms with E-state index in [1.807, 2.05) is 27.7 Å². The molecule has 2 saturated carbocycles. The zero-order valence-electron chi connectivity index (χ0n) is 31.4. The van der Waals surface area contributed by atoms with E-state index in [0.717, 1.165) is 0 Å². The Hall–Kier alpha value is -4.66. The quantitative estimate of drug-likeness (QED) is 0.243. The summed E-state index contributed by atoms with van der Waals surface area (Å²) >= 11 is 0. The first-order valence-electron chi connectivity index (χ1n) is 18.6. The highest BCUT2D eigenvalue weighted by Gasteiger charge is 2.59. The number of benzene rings is 2. The van der Waals surface area contributed by atoms with Crippen molar-refractivity contribution in [2.45, 2.75) is 109 Å². The van der Waals surface area contributed by atoms with E-state index in [9.17, 15) is 32.0 Å². The number of fused-ring (bicyclic) bond motifs is 1. The number of amides is 3. The minimum atomic E-state index is -3.65. The predicted molar refractivity (Wildman–Crippen MR) is 199 cm³/mol. The third-order valence-electron chi connectivity index (χ3n) is 10.8. The van der Waals surface area contributed by atoms with Crippen molar-refractivity contribution in [3.63, 3.8) is 0 Å². The fourth-order valence-electron chi connectivity index (χ4n) is 7.48. The summed E-state index contributed by atoms with van der Waals surface area (Å²) in [7, 11) is -3.65. The number of halogens is 1. The summed E-state index contributed by atoms with van der Waals surface area (Å²) in [6, 6.07) is 9.27. The van der Waals surface area contributed by atoms with E-state index >= 15 is 0 Å². The maximum absolute atomic E-state index is 14.7. The van der Waals surface area contributed by atoms with Gasteiger partial charge < -0.3 is 25.0 Å². The Labute approximate surface area is 316 Å². The van der Waals surface area contributed by atoms with Gasteiger partial charge in [0.25, 0.3) is 0 Å². The third kappa shape index (κ3) is 8.06. The van der Waals surface area contributed by atoms with Gasteiger partial charge in [-0.05, 0) is 67.3 Å². The molecular weight excluding hydrogens is 718 g/mol. The number of nitrogens with one attached hydrogen (secondary N) is 3. The molecule has 0 spiro atoms. The number of hydrogen-bond acceptors (Lipinski definition) is 9. The number of carbonyl (C=O) groups excluding carboxylic acids is 4. The van der Waals surface area contributed by atoms with Gasteiger partial charge in [-0.1, -0.05) is 58.9 Å². The number of ether oxygens (including phenoxy) is 2. The lowest BCUT2D eigenvalue weighted by Crippen LogP contribution is -2.56. The number of anilines is 1. The van der Waals surface area contributed by atoms with E-state index in [2.05, 4.69) is 21.9 Å². The summed E-state index contributed by atoms with van der Waals surface area (Å²) in [4.78, 5) is 57.8. The van der Waals surface area contributed by atoms with Gasteiger partial charge in [-0.15, -0.1) is 0 Å². The molecule has 2 heterocycles. The standard InChI is InChI=1S/C39H50FN5O8S/c1-7-26-19-39(26,23(3)43-54(50,51)29-15-16-29)42-34(46)32-18-28(53-37(49)44-20-25-12-10-14-31(40)30(25)22-44)21-45(32)35(47)33(38(4,5)6)41-27-13-9-11-24(17-27)36(48)52-8-2/h9-14,17,26,28-29,32-33,41,43H,3,7-8,15-16,18-22H2,1-2,4-6H3,(H,42,46)/t26-,28-,32+,33-,39+/m1/s1. The molecule has 3 amide bonds. The first kappa shape index (κ1) is 39.0. The van der Waals surface area contributed by atoms with Crippen LogP contribution in [-0.4, -0.2) is 84.2 Å². The van der Waals surface area contributed by atoms with E-state index in [1.54, 1.807) is 43.3 Å². The first-order valence-corrected chi connectivity index (χ1v) is 20.1. The van der Waals surface area contributed by atoms with Gasteiger partial charge >= 0.3 is 12.1 Å². The number of rotatable bonds is 13. The maximum Gasteiger partial charge on any atom is 0.410 e. The molecule has 2 aliphatic heterocycles. The lowest BCUT2D eigenvalue weighted by Gasteiger charge is -2.36. The maximum atomic E-state index is 14.7. The van der Waals surface area contributed by atoms with Gasteiger partial charge in [0.15, 0.2) is 0 Å². The summed E-state index contributed by atoms with van der Waals surface area (Å²) in [6.45, 7) is 13.6. The first-order chi connectivity index (χ1) is 25.5. The van der Waals surface area contributed by atoms with E-state index in [1.165, 1.54) is 15.9 Å². The van der Waals surface area contributed by atoms with Gasteiger partial charge in [-0.2, -0.15) is 0 Å². The smallest absolute Gasteiger partial charge is 0.410 e. The average molecular weight is 768 g/mol. The van der Waals surface area contributed by atoms with Gasteiger partial charge in [-0.3, -0.25) is 19.2 Å². The average Bonchev–Trinajstić information content (AvgIpc) is 4.01. The van der Waals surface area contributed by atoms with Crippen LogP contribution in [-0.2, 0) is 42.2 Å². The Morgan fingerprint density at radius 3 is 2.43 bits per heavy atom. The second-order valence-corrected chi connectivity index (χ2v) is 17.8. The van der Waals surface area contributed by atoms with E-state index in [-0.39, 0.29) is 44.3 Å². The fourth-order valence-corrected chi connectivity index (χ4v) is 8.93. The molecule has 2 aromatic rings. The van der Waals surface area contributed by atoms with Crippen molar-refractivity contribution in [3.05, 3.63) is 77.2 Å². The zero-order valence-corrected chi connectivity index (χ0v) is 32.3. The summed E-state index contributed by atoms with van der Waals surface area (Å²) in [5.74, 6) is -1.97. The summed E-state index contributed by atoms with van der Waals surface area (Å²) in [6.07, 6.45) is 0.638. The highest BCUT2D eigenvalue weighted by atomic mass is 32.2. The summed E-state index contributed by atoms with van der Waals surface area (Å²) < 4.78 is 53.9. The zero-order chi connectivity index (χ0) is 39.2. The lowest BCUT2D eigenvalue weighted by molar-refractivity contribution is -0.141. The van der Waals surface area contributed by atoms with Crippen LogP contribution in [0.15, 0.2) is 54.7 Å². The van der Waals surface area contributed by atoms with Crippen LogP contribution < -0.4 is 15.4 Å². The molecule has 6 rings (SSSR count). The Morgan fingerprint density at radius 1 is 1.07 bits per heavy atom. The van der Waals surface area contributed by atoms with Gasteiger partial charge in [-0.25, -0.2) is 22.4 Å². The van der Waals surface area contributed by atoms with E-state index < -0.39 is 74.1 Å². The van der Waals surface area contributed by atoms with Gasteiger partial charge in [0, 0.05) is 29.9 Å². The molecule has 15 heteroatoms. The molecule has 0 radical (unpaired) electrons. The molecule has 3 fully saturated rings. The Kier molecular flexibility index (Phi) is 10.8. The second-order valence-electron chi connectivity index (χ2n) is 15.8. The molecule has 13 nitrogen and oxygen atoms in total. The largest absolute Gasteiger partial charge is 0.462 e. The monoisotopic (exact) mass is 767 g/mol. The lowest BCUT2D eigenvalue weighted by atomic mass is 9.85. The van der Waals surface area contributed by atoms with Crippen molar-refractivity contribution >= 4 is 39.6 Å². The van der Waals surface area contributed by atoms with Gasteiger partial charge in [0.05, 0.1) is 36.0 Å².